The predicted octanol–water partition coefficient (Wildman–Crippen LogP) is -0.116. The Labute approximate surface area is 101 Å². The number of amides is 2. The summed E-state index contributed by atoms with van der Waals surface area (Å²) in [5.41, 5.74) is 0. The van der Waals surface area contributed by atoms with E-state index in [-0.39, 0.29) is 30.9 Å². The molecule has 1 atom stereocenters. The van der Waals surface area contributed by atoms with Crippen molar-refractivity contribution in [2.45, 2.75) is 44.2 Å². The normalized spacial score (nSPS) is 34.5. The summed E-state index contributed by atoms with van der Waals surface area (Å²) in [7, 11) is 1.54. The molecule has 5 heteroatoms. The Bertz CT molecular complexity index is 311. The van der Waals surface area contributed by atoms with E-state index < -0.39 is 0 Å². The number of carbonyl (C=O) groups excluding carboxylic acids is 2. The molecule has 2 fully saturated rings. The number of hydrogen-bond acceptors (Lipinski definition) is 4. The van der Waals surface area contributed by atoms with Gasteiger partial charge in [-0.15, -0.1) is 0 Å². The average molecular weight is 240 g/mol. The van der Waals surface area contributed by atoms with Crippen LogP contribution in [0.4, 0.5) is 0 Å². The van der Waals surface area contributed by atoms with Crippen LogP contribution in [0.1, 0.15) is 32.1 Å². The molecule has 2 N–H and O–H groups in total. The molecule has 1 saturated heterocycles. The second-order valence-electron chi connectivity index (χ2n) is 5.11. The van der Waals surface area contributed by atoms with E-state index in [4.69, 9.17) is 5.11 Å². The average Bonchev–Trinajstić information content (AvgIpc) is 2.58. The molecule has 5 nitrogen and oxygen atoms in total. The van der Waals surface area contributed by atoms with Crippen LogP contribution in [0.2, 0.25) is 0 Å². The second-order valence-corrected chi connectivity index (χ2v) is 5.11. The number of aliphatic hydroxyl groups is 1. The molecule has 1 aliphatic carbocycles. The zero-order chi connectivity index (χ0) is 12.4. The molecule has 2 rings (SSSR count). The van der Waals surface area contributed by atoms with Crippen molar-refractivity contribution in [2.75, 3.05) is 13.7 Å². The fourth-order valence-corrected chi connectivity index (χ4v) is 2.68. The molecule has 1 unspecified atom stereocenters. The topological polar surface area (TPSA) is 69.6 Å². The number of nitrogens with zero attached hydrogens (tertiary/aromatic N) is 1. The van der Waals surface area contributed by atoms with Gasteiger partial charge in [0.1, 0.15) is 0 Å². The first-order chi connectivity index (χ1) is 8.11. The van der Waals surface area contributed by atoms with Crippen LogP contribution in [-0.2, 0) is 9.59 Å². The minimum absolute atomic E-state index is 0.100. The van der Waals surface area contributed by atoms with E-state index in [1.54, 1.807) is 0 Å². The van der Waals surface area contributed by atoms with Gasteiger partial charge in [0.2, 0.25) is 11.8 Å². The lowest BCUT2D eigenvalue weighted by atomic mass is 9.86. The van der Waals surface area contributed by atoms with Crippen molar-refractivity contribution in [3.8, 4) is 0 Å². The van der Waals surface area contributed by atoms with Gasteiger partial charge in [0, 0.05) is 19.7 Å². The first-order valence-electron chi connectivity index (χ1n) is 6.29. The third kappa shape index (κ3) is 2.66. The smallest absolute Gasteiger partial charge is 0.246 e. The first kappa shape index (κ1) is 12.5. The van der Waals surface area contributed by atoms with Crippen LogP contribution >= 0.6 is 0 Å². The van der Waals surface area contributed by atoms with E-state index in [1.165, 1.54) is 11.9 Å². The molecule has 0 aromatic heterocycles. The molecule has 0 bridgehead atoms. The number of rotatable bonds is 3. The van der Waals surface area contributed by atoms with Gasteiger partial charge in [0.05, 0.1) is 12.5 Å². The van der Waals surface area contributed by atoms with Gasteiger partial charge < -0.3 is 10.4 Å². The predicted molar refractivity (Wildman–Crippen MR) is 62.1 cm³/mol. The summed E-state index contributed by atoms with van der Waals surface area (Å²) in [5, 5.41) is 12.3. The Morgan fingerprint density at radius 2 is 1.94 bits per heavy atom. The molecule has 0 radical (unpaired) electrons. The Morgan fingerprint density at radius 1 is 1.29 bits per heavy atom. The minimum Gasteiger partial charge on any atom is -0.396 e. The van der Waals surface area contributed by atoms with E-state index in [2.05, 4.69) is 5.32 Å². The summed E-state index contributed by atoms with van der Waals surface area (Å²) < 4.78 is 0. The Morgan fingerprint density at radius 3 is 2.41 bits per heavy atom. The molecule has 1 aliphatic heterocycles. The van der Waals surface area contributed by atoms with Gasteiger partial charge in [-0.05, 0) is 31.6 Å². The second kappa shape index (κ2) is 5.14. The summed E-state index contributed by atoms with van der Waals surface area (Å²) in [5.74, 6) is 0.201. The van der Waals surface area contributed by atoms with Gasteiger partial charge in [-0.25, -0.2) is 0 Å². The molecular weight excluding hydrogens is 220 g/mol. The Hall–Kier alpha value is -0.940. The van der Waals surface area contributed by atoms with Crippen molar-refractivity contribution < 1.29 is 14.7 Å². The number of hydrogen-bond donors (Lipinski definition) is 2. The molecule has 2 amide bonds. The van der Waals surface area contributed by atoms with Gasteiger partial charge in [-0.1, -0.05) is 0 Å². The van der Waals surface area contributed by atoms with Crippen LogP contribution in [0.5, 0.6) is 0 Å². The zero-order valence-electron chi connectivity index (χ0n) is 10.2. The maximum absolute atomic E-state index is 11.7. The van der Waals surface area contributed by atoms with Crippen molar-refractivity contribution in [2.24, 2.45) is 5.92 Å². The van der Waals surface area contributed by atoms with Crippen molar-refractivity contribution in [3.05, 3.63) is 0 Å². The Balaban J connectivity index is 1.83. The molecule has 0 aromatic rings. The highest BCUT2D eigenvalue weighted by atomic mass is 16.3. The fraction of sp³-hybridized carbons (Fsp3) is 0.833. The lowest BCUT2D eigenvalue weighted by Gasteiger charge is -2.29. The maximum atomic E-state index is 11.7. The van der Waals surface area contributed by atoms with Gasteiger partial charge in [0.25, 0.3) is 0 Å². The third-order valence-electron chi connectivity index (χ3n) is 3.92. The molecule has 0 spiro atoms. The van der Waals surface area contributed by atoms with E-state index in [0.29, 0.717) is 12.0 Å². The number of aliphatic hydroxyl groups excluding tert-OH is 1. The van der Waals surface area contributed by atoms with Crippen LogP contribution < -0.4 is 5.32 Å². The summed E-state index contributed by atoms with van der Waals surface area (Å²) in [4.78, 5) is 24.3. The SMILES string of the molecule is CN1C(=O)CC(NC2CCC(CO)CC2)C1=O. The van der Waals surface area contributed by atoms with Gasteiger partial charge in [-0.2, -0.15) is 0 Å². The molecule has 17 heavy (non-hydrogen) atoms. The Kier molecular flexibility index (Phi) is 3.79. The van der Waals surface area contributed by atoms with Crippen molar-refractivity contribution >= 4 is 11.8 Å². The lowest BCUT2D eigenvalue weighted by molar-refractivity contribution is -0.137. The largest absolute Gasteiger partial charge is 0.396 e. The highest BCUT2D eigenvalue weighted by Gasteiger charge is 2.37. The summed E-state index contributed by atoms with van der Waals surface area (Å²) in [6.45, 7) is 0.260. The van der Waals surface area contributed by atoms with E-state index in [1.807, 2.05) is 0 Å². The number of likely N-dealkylation sites (N-methyl/N-ethyl adjacent to an activating group) is 1. The summed E-state index contributed by atoms with van der Waals surface area (Å²) >= 11 is 0. The van der Waals surface area contributed by atoms with Gasteiger partial charge >= 0.3 is 0 Å². The summed E-state index contributed by atoms with van der Waals surface area (Å²) in [6.07, 6.45) is 4.24. The van der Waals surface area contributed by atoms with Crippen LogP contribution in [0.3, 0.4) is 0 Å². The van der Waals surface area contributed by atoms with Crippen LogP contribution in [0.15, 0.2) is 0 Å². The van der Waals surface area contributed by atoms with Crippen LogP contribution in [0.25, 0.3) is 0 Å². The molecule has 1 heterocycles. The molecule has 1 saturated carbocycles. The van der Waals surface area contributed by atoms with Crippen LogP contribution in [0, 0.1) is 5.92 Å². The highest BCUT2D eigenvalue weighted by molar-refractivity contribution is 6.05. The van der Waals surface area contributed by atoms with Gasteiger partial charge in [-0.3, -0.25) is 14.5 Å². The number of imide groups is 1. The lowest BCUT2D eigenvalue weighted by Crippen LogP contribution is -2.44. The van der Waals surface area contributed by atoms with Crippen molar-refractivity contribution in [3.63, 3.8) is 0 Å². The van der Waals surface area contributed by atoms with E-state index >= 15 is 0 Å². The van der Waals surface area contributed by atoms with Gasteiger partial charge in [0.15, 0.2) is 0 Å². The number of carbonyl (C=O) groups is 2. The minimum atomic E-state index is -0.330. The third-order valence-corrected chi connectivity index (χ3v) is 3.92. The molecule has 96 valence electrons. The zero-order valence-corrected chi connectivity index (χ0v) is 10.2. The quantitative estimate of drug-likeness (QED) is 0.675. The first-order valence-corrected chi connectivity index (χ1v) is 6.29. The molecule has 2 aliphatic rings. The monoisotopic (exact) mass is 240 g/mol. The number of likely N-dealkylation sites (tertiary alicyclic amines) is 1. The van der Waals surface area contributed by atoms with Crippen molar-refractivity contribution in [1.82, 2.24) is 10.2 Å². The van der Waals surface area contributed by atoms with E-state index in [9.17, 15) is 9.59 Å². The molecule has 0 aromatic carbocycles. The molecular formula is C12H20N2O3. The maximum Gasteiger partial charge on any atom is 0.246 e. The highest BCUT2D eigenvalue weighted by Crippen LogP contribution is 2.25. The van der Waals surface area contributed by atoms with Crippen molar-refractivity contribution in [1.29, 1.82) is 0 Å². The summed E-state index contributed by atoms with van der Waals surface area (Å²) in [6, 6.07) is -0.0192. The van der Waals surface area contributed by atoms with E-state index in [0.717, 1.165) is 25.7 Å². The number of nitrogens with one attached hydrogen (secondary N) is 1. The van der Waals surface area contributed by atoms with Crippen LogP contribution in [-0.4, -0.2) is 47.6 Å². The fourth-order valence-electron chi connectivity index (χ4n) is 2.68. The standard InChI is InChI=1S/C12H20N2O3/c1-14-11(16)6-10(12(14)17)13-9-4-2-8(7-15)3-5-9/h8-10,13,15H,2-7H2,1H3.